The average molecular weight is 317 g/mol. The molecule has 0 aromatic heterocycles. The molecule has 2 N–H and O–H groups in total. The summed E-state index contributed by atoms with van der Waals surface area (Å²) in [6.45, 7) is 3.38. The molecule has 0 aliphatic carbocycles. The van der Waals surface area contributed by atoms with Crippen molar-refractivity contribution in [3.63, 3.8) is 0 Å². The SMILES string of the molecule is CCCCN(CC(N)=O)Cc1ccc(Br)cc1F. The van der Waals surface area contributed by atoms with Gasteiger partial charge in [0, 0.05) is 16.6 Å². The van der Waals surface area contributed by atoms with Gasteiger partial charge in [-0.05, 0) is 25.1 Å². The number of rotatable bonds is 7. The van der Waals surface area contributed by atoms with Crippen LogP contribution >= 0.6 is 15.9 Å². The molecule has 0 saturated carbocycles. The molecule has 100 valence electrons. The number of hydrogen-bond donors (Lipinski definition) is 1. The van der Waals surface area contributed by atoms with Gasteiger partial charge in [0.25, 0.3) is 0 Å². The van der Waals surface area contributed by atoms with E-state index >= 15 is 0 Å². The Morgan fingerprint density at radius 3 is 2.78 bits per heavy atom. The lowest BCUT2D eigenvalue weighted by Gasteiger charge is -2.20. The molecule has 0 radical (unpaired) electrons. The molecule has 0 spiro atoms. The van der Waals surface area contributed by atoms with E-state index in [2.05, 4.69) is 22.9 Å². The van der Waals surface area contributed by atoms with Gasteiger partial charge >= 0.3 is 0 Å². The fourth-order valence-corrected chi connectivity index (χ4v) is 2.04. The Labute approximate surface area is 115 Å². The first-order chi connectivity index (χ1) is 8.52. The molecule has 18 heavy (non-hydrogen) atoms. The Morgan fingerprint density at radius 1 is 1.50 bits per heavy atom. The van der Waals surface area contributed by atoms with E-state index in [0.29, 0.717) is 16.6 Å². The summed E-state index contributed by atoms with van der Waals surface area (Å²) in [6.07, 6.45) is 1.99. The van der Waals surface area contributed by atoms with Gasteiger partial charge in [-0.15, -0.1) is 0 Å². The summed E-state index contributed by atoms with van der Waals surface area (Å²) in [7, 11) is 0. The average Bonchev–Trinajstić information content (AvgIpc) is 2.29. The van der Waals surface area contributed by atoms with Gasteiger partial charge in [-0.1, -0.05) is 35.3 Å². The van der Waals surface area contributed by atoms with Gasteiger partial charge in [0.2, 0.25) is 5.91 Å². The number of unbranched alkanes of at least 4 members (excludes halogenated alkanes) is 1. The highest BCUT2D eigenvalue weighted by Crippen LogP contribution is 2.17. The van der Waals surface area contributed by atoms with Crippen molar-refractivity contribution in [1.82, 2.24) is 4.90 Å². The topological polar surface area (TPSA) is 46.3 Å². The summed E-state index contributed by atoms with van der Waals surface area (Å²) in [5.41, 5.74) is 5.78. The third kappa shape index (κ3) is 5.14. The lowest BCUT2D eigenvalue weighted by molar-refractivity contribution is -0.119. The number of carbonyl (C=O) groups excluding carboxylic acids is 1. The maximum Gasteiger partial charge on any atom is 0.231 e. The second kappa shape index (κ2) is 7.48. The Bertz CT molecular complexity index is 412. The number of hydrogen-bond acceptors (Lipinski definition) is 2. The van der Waals surface area contributed by atoms with Crippen molar-refractivity contribution in [2.45, 2.75) is 26.3 Å². The first-order valence-corrected chi connectivity index (χ1v) is 6.76. The molecular weight excluding hydrogens is 299 g/mol. The molecule has 1 aromatic carbocycles. The quantitative estimate of drug-likeness (QED) is 0.840. The second-order valence-electron chi connectivity index (χ2n) is 4.27. The van der Waals surface area contributed by atoms with Crippen LogP contribution in [0.2, 0.25) is 0 Å². The Kier molecular flexibility index (Phi) is 6.29. The van der Waals surface area contributed by atoms with Crippen LogP contribution in [0.15, 0.2) is 22.7 Å². The number of amides is 1. The number of nitrogens with two attached hydrogens (primary N) is 1. The van der Waals surface area contributed by atoms with Crippen LogP contribution in [0.1, 0.15) is 25.3 Å². The normalized spacial score (nSPS) is 10.9. The molecule has 0 aliphatic rings. The second-order valence-corrected chi connectivity index (χ2v) is 5.18. The third-order valence-electron chi connectivity index (χ3n) is 2.62. The van der Waals surface area contributed by atoms with Gasteiger partial charge in [0.15, 0.2) is 0 Å². The molecule has 1 rings (SSSR count). The van der Waals surface area contributed by atoms with Crippen LogP contribution in [-0.2, 0) is 11.3 Å². The van der Waals surface area contributed by atoms with Gasteiger partial charge in [-0.25, -0.2) is 4.39 Å². The van der Waals surface area contributed by atoms with E-state index in [1.165, 1.54) is 6.07 Å². The molecule has 0 fully saturated rings. The molecule has 0 bridgehead atoms. The molecule has 0 heterocycles. The zero-order valence-electron chi connectivity index (χ0n) is 10.5. The van der Waals surface area contributed by atoms with Crippen LogP contribution in [0.5, 0.6) is 0 Å². The summed E-state index contributed by atoms with van der Waals surface area (Å²) < 4.78 is 14.4. The largest absolute Gasteiger partial charge is 0.369 e. The lowest BCUT2D eigenvalue weighted by atomic mass is 10.2. The number of primary amides is 1. The maximum absolute atomic E-state index is 13.7. The minimum Gasteiger partial charge on any atom is -0.369 e. The fourth-order valence-electron chi connectivity index (χ4n) is 1.71. The highest BCUT2D eigenvalue weighted by Gasteiger charge is 2.11. The molecular formula is C13H18BrFN2O. The van der Waals surface area contributed by atoms with Gasteiger partial charge < -0.3 is 5.73 Å². The number of benzene rings is 1. The van der Waals surface area contributed by atoms with Crippen molar-refractivity contribution in [1.29, 1.82) is 0 Å². The van der Waals surface area contributed by atoms with Crippen molar-refractivity contribution in [3.05, 3.63) is 34.1 Å². The van der Waals surface area contributed by atoms with Crippen molar-refractivity contribution < 1.29 is 9.18 Å². The van der Waals surface area contributed by atoms with Gasteiger partial charge in [0.1, 0.15) is 5.82 Å². The molecule has 3 nitrogen and oxygen atoms in total. The van der Waals surface area contributed by atoms with E-state index in [1.807, 2.05) is 4.90 Å². The van der Waals surface area contributed by atoms with Gasteiger partial charge in [-0.3, -0.25) is 9.69 Å². The highest BCUT2D eigenvalue weighted by atomic mass is 79.9. The van der Waals surface area contributed by atoms with Crippen LogP contribution in [-0.4, -0.2) is 23.9 Å². The molecule has 0 aliphatic heterocycles. The van der Waals surface area contributed by atoms with Gasteiger partial charge in [0.05, 0.1) is 6.54 Å². The highest BCUT2D eigenvalue weighted by molar-refractivity contribution is 9.10. The standard InChI is InChI=1S/C13H18BrFN2O/c1-2-3-6-17(9-13(16)18)8-10-4-5-11(14)7-12(10)15/h4-5,7H,2-3,6,8-9H2,1H3,(H2,16,18). The minimum atomic E-state index is -0.386. The Hall–Kier alpha value is -0.940. The summed E-state index contributed by atoms with van der Waals surface area (Å²) in [6, 6.07) is 4.94. The fraction of sp³-hybridized carbons (Fsp3) is 0.462. The summed E-state index contributed by atoms with van der Waals surface area (Å²) in [4.78, 5) is 12.9. The summed E-state index contributed by atoms with van der Waals surface area (Å²) in [5, 5.41) is 0. The lowest BCUT2D eigenvalue weighted by Crippen LogP contribution is -2.34. The van der Waals surface area contributed by atoms with Crippen LogP contribution in [0, 0.1) is 5.82 Å². The predicted molar refractivity (Wildman–Crippen MR) is 73.5 cm³/mol. The number of halogens is 2. The van der Waals surface area contributed by atoms with E-state index in [0.717, 1.165) is 19.4 Å². The Balaban J connectivity index is 2.71. The maximum atomic E-state index is 13.7. The minimum absolute atomic E-state index is 0.162. The van der Waals surface area contributed by atoms with E-state index in [4.69, 9.17) is 5.73 Å². The van der Waals surface area contributed by atoms with Crippen LogP contribution in [0.4, 0.5) is 4.39 Å². The van der Waals surface area contributed by atoms with E-state index in [9.17, 15) is 9.18 Å². The molecule has 0 saturated heterocycles. The molecule has 0 atom stereocenters. The number of carbonyl (C=O) groups is 1. The summed E-state index contributed by atoms with van der Waals surface area (Å²) in [5.74, 6) is -0.654. The van der Waals surface area contributed by atoms with E-state index in [-0.39, 0.29) is 18.3 Å². The van der Waals surface area contributed by atoms with Crippen LogP contribution in [0.3, 0.4) is 0 Å². The van der Waals surface area contributed by atoms with Crippen molar-refractivity contribution >= 4 is 21.8 Å². The van der Waals surface area contributed by atoms with E-state index in [1.54, 1.807) is 12.1 Å². The monoisotopic (exact) mass is 316 g/mol. The summed E-state index contributed by atoms with van der Waals surface area (Å²) >= 11 is 3.22. The number of nitrogens with zero attached hydrogens (tertiary/aromatic N) is 1. The molecule has 1 amide bonds. The van der Waals surface area contributed by atoms with Crippen LogP contribution < -0.4 is 5.73 Å². The molecule has 5 heteroatoms. The van der Waals surface area contributed by atoms with E-state index < -0.39 is 0 Å². The van der Waals surface area contributed by atoms with Crippen LogP contribution in [0.25, 0.3) is 0 Å². The van der Waals surface area contributed by atoms with Crippen molar-refractivity contribution in [2.75, 3.05) is 13.1 Å². The Morgan fingerprint density at radius 2 is 2.22 bits per heavy atom. The smallest absolute Gasteiger partial charge is 0.231 e. The molecule has 1 aromatic rings. The zero-order valence-corrected chi connectivity index (χ0v) is 12.0. The first kappa shape index (κ1) is 15.1. The third-order valence-corrected chi connectivity index (χ3v) is 3.11. The predicted octanol–water partition coefficient (Wildman–Crippen LogP) is 2.68. The van der Waals surface area contributed by atoms with Crippen molar-refractivity contribution in [2.24, 2.45) is 5.73 Å². The van der Waals surface area contributed by atoms with Gasteiger partial charge in [-0.2, -0.15) is 0 Å². The molecule has 0 unspecified atom stereocenters. The van der Waals surface area contributed by atoms with Crippen molar-refractivity contribution in [3.8, 4) is 0 Å². The first-order valence-electron chi connectivity index (χ1n) is 5.97. The zero-order chi connectivity index (χ0) is 13.5.